The summed E-state index contributed by atoms with van der Waals surface area (Å²) in [6.45, 7) is 2.70. The van der Waals surface area contributed by atoms with Crippen LogP contribution in [0.15, 0.2) is 53.0 Å². The van der Waals surface area contributed by atoms with E-state index in [4.69, 9.17) is 0 Å². The number of amides is 1. The Morgan fingerprint density at radius 3 is 2.42 bits per heavy atom. The van der Waals surface area contributed by atoms with Crippen LogP contribution in [0.25, 0.3) is 0 Å². The van der Waals surface area contributed by atoms with E-state index >= 15 is 0 Å². The molecule has 0 aromatic heterocycles. The lowest BCUT2D eigenvalue weighted by atomic mass is 10.1. The summed E-state index contributed by atoms with van der Waals surface area (Å²) in [7, 11) is 0. The van der Waals surface area contributed by atoms with Gasteiger partial charge in [0.2, 0.25) is 0 Å². The van der Waals surface area contributed by atoms with Crippen LogP contribution in [0.3, 0.4) is 0 Å². The Bertz CT molecular complexity index is 698. The molecule has 1 fully saturated rings. The molecular formula is C19H21BrFN2O+. The lowest BCUT2D eigenvalue weighted by Gasteiger charge is -2.25. The van der Waals surface area contributed by atoms with Gasteiger partial charge in [-0.3, -0.25) is 4.79 Å². The Morgan fingerprint density at radius 2 is 1.83 bits per heavy atom. The first kappa shape index (κ1) is 17.1. The second-order valence-corrected chi connectivity index (χ2v) is 7.29. The summed E-state index contributed by atoms with van der Waals surface area (Å²) >= 11 is 3.39. The molecule has 2 aromatic carbocycles. The fourth-order valence-corrected chi connectivity index (χ4v) is 3.16. The van der Waals surface area contributed by atoms with Gasteiger partial charge in [0.15, 0.2) is 6.04 Å². The normalized spacial score (nSPS) is 16.5. The van der Waals surface area contributed by atoms with Crippen LogP contribution < -0.4 is 10.2 Å². The number of hydrogen-bond donors (Lipinski definition) is 2. The third-order valence-electron chi connectivity index (χ3n) is 4.48. The van der Waals surface area contributed by atoms with Gasteiger partial charge in [-0.2, -0.15) is 0 Å². The zero-order valence-electron chi connectivity index (χ0n) is 13.6. The summed E-state index contributed by atoms with van der Waals surface area (Å²) < 4.78 is 14.1. The van der Waals surface area contributed by atoms with Gasteiger partial charge in [0.25, 0.3) is 5.91 Å². The van der Waals surface area contributed by atoms with Crippen LogP contribution in [-0.2, 0) is 11.3 Å². The number of benzene rings is 2. The van der Waals surface area contributed by atoms with Crippen LogP contribution in [0, 0.1) is 5.82 Å². The number of nitrogens with one attached hydrogen (secondary N) is 2. The molecule has 3 nitrogen and oxygen atoms in total. The quantitative estimate of drug-likeness (QED) is 0.778. The van der Waals surface area contributed by atoms with Crippen molar-refractivity contribution >= 4 is 27.5 Å². The Kier molecular flexibility index (Phi) is 5.31. The Morgan fingerprint density at radius 1 is 1.21 bits per heavy atom. The average molecular weight is 392 g/mol. The predicted octanol–water partition coefficient (Wildman–Crippen LogP) is 3.16. The first-order chi connectivity index (χ1) is 11.5. The highest BCUT2D eigenvalue weighted by molar-refractivity contribution is 9.10. The summed E-state index contributed by atoms with van der Waals surface area (Å²) in [5, 5.41) is 2.99. The molecule has 0 bridgehead atoms. The molecule has 0 aliphatic heterocycles. The first-order valence-corrected chi connectivity index (χ1v) is 8.98. The largest absolute Gasteiger partial charge is 0.321 e. The van der Waals surface area contributed by atoms with E-state index in [2.05, 4.69) is 21.2 Å². The van der Waals surface area contributed by atoms with Crippen LogP contribution in [0.2, 0.25) is 0 Å². The van der Waals surface area contributed by atoms with Gasteiger partial charge < -0.3 is 10.2 Å². The first-order valence-electron chi connectivity index (χ1n) is 8.19. The molecule has 3 rings (SSSR count). The molecule has 0 heterocycles. The molecule has 0 spiro atoms. The maximum Gasteiger partial charge on any atom is 0.282 e. The van der Waals surface area contributed by atoms with Crippen molar-refractivity contribution in [3.05, 3.63) is 64.4 Å². The van der Waals surface area contributed by atoms with E-state index in [0.29, 0.717) is 6.04 Å². The molecular weight excluding hydrogens is 371 g/mol. The van der Waals surface area contributed by atoms with E-state index in [-0.39, 0.29) is 17.8 Å². The van der Waals surface area contributed by atoms with E-state index in [1.54, 1.807) is 12.1 Å². The van der Waals surface area contributed by atoms with Gasteiger partial charge >= 0.3 is 0 Å². The monoisotopic (exact) mass is 391 g/mol. The third-order valence-corrected chi connectivity index (χ3v) is 5.01. The fraction of sp³-hybridized carbons (Fsp3) is 0.316. The molecule has 2 aromatic rings. The molecule has 2 N–H and O–H groups in total. The minimum absolute atomic E-state index is 0.0151. The minimum atomic E-state index is -0.229. The van der Waals surface area contributed by atoms with Crippen molar-refractivity contribution in [1.29, 1.82) is 0 Å². The van der Waals surface area contributed by atoms with Crippen molar-refractivity contribution in [2.45, 2.75) is 38.4 Å². The summed E-state index contributed by atoms with van der Waals surface area (Å²) in [6.07, 6.45) is 2.29. The van der Waals surface area contributed by atoms with E-state index in [1.807, 2.05) is 31.2 Å². The van der Waals surface area contributed by atoms with Gasteiger partial charge in [-0.05, 0) is 43.3 Å². The van der Waals surface area contributed by atoms with Crippen LogP contribution >= 0.6 is 15.9 Å². The lowest BCUT2D eigenvalue weighted by molar-refractivity contribution is -0.938. The summed E-state index contributed by atoms with van der Waals surface area (Å²) in [6, 6.07) is 14.5. The minimum Gasteiger partial charge on any atom is -0.321 e. The average Bonchev–Trinajstić information content (AvgIpc) is 3.40. The van der Waals surface area contributed by atoms with Gasteiger partial charge in [-0.25, -0.2) is 4.39 Å². The Labute approximate surface area is 150 Å². The number of hydrogen-bond acceptors (Lipinski definition) is 1. The van der Waals surface area contributed by atoms with Crippen molar-refractivity contribution in [3.63, 3.8) is 0 Å². The number of halogens is 2. The van der Waals surface area contributed by atoms with E-state index in [9.17, 15) is 9.18 Å². The standard InChI is InChI=1S/C19H20BrFN2O/c1-13(19(24)22-17-8-4-15(20)5-9-17)23(18-10-11-18)12-14-2-6-16(21)7-3-14/h2-9,13,18H,10-12H2,1H3,(H,22,24)/p+1/t13-/m1/s1. The second-order valence-electron chi connectivity index (χ2n) is 6.37. The highest BCUT2D eigenvalue weighted by atomic mass is 79.9. The number of anilines is 1. The van der Waals surface area contributed by atoms with Crippen molar-refractivity contribution in [3.8, 4) is 0 Å². The Balaban J connectivity index is 1.67. The number of rotatable bonds is 6. The van der Waals surface area contributed by atoms with Gasteiger partial charge in [0.1, 0.15) is 12.4 Å². The van der Waals surface area contributed by atoms with Crippen molar-refractivity contribution in [2.24, 2.45) is 0 Å². The van der Waals surface area contributed by atoms with E-state index in [1.165, 1.54) is 17.0 Å². The second kappa shape index (κ2) is 7.45. The van der Waals surface area contributed by atoms with Gasteiger partial charge in [0.05, 0.1) is 6.04 Å². The molecule has 1 aliphatic carbocycles. The molecule has 2 atom stereocenters. The highest BCUT2D eigenvalue weighted by Crippen LogP contribution is 2.18. The molecule has 0 radical (unpaired) electrons. The molecule has 126 valence electrons. The maximum absolute atomic E-state index is 13.1. The highest BCUT2D eigenvalue weighted by Gasteiger charge is 2.39. The smallest absolute Gasteiger partial charge is 0.282 e. The topological polar surface area (TPSA) is 33.5 Å². The summed E-state index contributed by atoms with van der Waals surface area (Å²) in [5.74, 6) is -0.214. The van der Waals surface area contributed by atoms with Gasteiger partial charge in [-0.1, -0.05) is 28.1 Å². The number of carbonyl (C=O) groups excluding carboxylic acids is 1. The van der Waals surface area contributed by atoms with Crippen LogP contribution in [0.5, 0.6) is 0 Å². The van der Waals surface area contributed by atoms with E-state index in [0.717, 1.165) is 35.1 Å². The molecule has 1 unspecified atom stereocenters. The van der Waals surface area contributed by atoms with Crippen molar-refractivity contribution in [2.75, 3.05) is 5.32 Å². The third kappa shape index (κ3) is 4.42. The van der Waals surface area contributed by atoms with E-state index < -0.39 is 0 Å². The zero-order chi connectivity index (χ0) is 17.1. The predicted molar refractivity (Wildman–Crippen MR) is 96.3 cm³/mol. The van der Waals surface area contributed by atoms with Crippen LogP contribution in [0.4, 0.5) is 10.1 Å². The fourth-order valence-electron chi connectivity index (χ4n) is 2.90. The zero-order valence-corrected chi connectivity index (χ0v) is 15.1. The Hall–Kier alpha value is -1.72. The summed E-state index contributed by atoms with van der Waals surface area (Å²) in [5.41, 5.74) is 1.86. The molecule has 24 heavy (non-hydrogen) atoms. The van der Waals surface area contributed by atoms with Crippen LogP contribution in [0.1, 0.15) is 25.3 Å². The van der Waals surface area contributed by atoms with Gasteiger partial charge in [-0.15, -0.1) is 0 Å². The molecule has 5 heteroatoms. The van der Waals surface area contributed by atoms with Crippen LogP contribution in [-0.4, -0.2) is 18.0 Å². The van der Waals surface area contributed by atoms with Gasteiger partial charge in [0, 0.05) is 28.6 Å². The van der Waals surface area contributed by atoms with Crippen molar-refractivity contribution < 1.29 is 14.1 Å². The number of quaternary nitrogens is 1. The molecule has 1 aliphatic rings. The van der Waals surface area contributed by atoms with Crippen molar-refractivity contribution in [1.82, 2.24) is 0 Å². The number of carbonyl (C=O) groups is 1. The SMILES string of the molecule is C[C@H](C(=O)Nc1ccc(Br)cc1)[NH+](Cc1ccc(F)cc1)C1CC1. The molecule has 0 saturated heterocycles. The molecule has 1 amide bonds. The lowest BCUT2D eigenvalue weighted by Crippen LogP contribution is -3.16. The summed E-state index contributed by atoms with van der Waals surface area (Å²) in [4.78, 5) is 13.9. The molecule has 1 saturated carbocycles. The maximum atomic E-state index is 13.1.